The number of nitrogens with one attached hydrogen (secondary N) is 1. The Morgan fingerprint density at radius 3 is 2.61 bits per heavy atom. The standard InChI is InChI=1S/C14H14N2O6S/c1-10-2-4-11(5-3-10)21-9-13(17)16-15-8-12-6-7-14(22-12)23(18,19)20/h2-8H,9H2,1H3,(H,16,17)(H,18,19,20)/b15-8+. The average Bonchev–Trinajstić information content (AvgIpc) is 2.96. The van der Waals surface area contributed by atoms with E-state index >= 15 is 0 Å². The van der Waals surface area contributed by atoms with Gasteiger partial charge in [0.05, 0.1) is 6.21 Å². The summed E-state index contributed by atoms with van der Waals surface area (Å²) in [6, 6.07) is 9.54. The van der Waals surface area contributed by atoms with Crippen LogP contribution in [0.15, 0.2) is 51.0 Å². The molecule has 0 radical (unpaired) electrons. The number of hydrazone groups is 1. The van der Waals surface area contributed by atoms with E-state index < -0.39 is 21.1 Å². The van der Waals surface area contributed by atoms with Crippen LogP contribution in [0.1, 0.15) is 11.3 Å². The first-order valence-electron chi connectivity index (χ1n) is 6.43. The number of hydrogen-bond donors (Lipinski definition) is 2. The Hall–Kier alpha value is -2.65. The van der Waals surface area contributed by atoms with Gasteiger partial charge in [-0.15, -0.1) is 0 Å². The monoisotopic (exact) mass is 338 g/mol. The van der Waals surface area contributed by atoms with Gasteiger partial charge in [-0.2, -0.15) is 13.5 Å². The number of amides is 1. The molecule has 0 aliphatic heterocycles. The second kappa shape index (κ2) is 7.07. The highest BCUT2D eigenvalue weighted by Crippen LogP contribution is 2.12. The first kappa shape index (κ1) is 16.7. The van der Waals surface area contributed by atoms with Crippen molar-refractivity contribution in [2.75, 3.05) is 6.61 Å². The lowest BCUT2D eigenvalue weighted by molar-refractivity contribution is -0.123. The summed E-state index contributed by atoms with van der Waals surface area (Å²) in [6.45, 7) is 1.71. The van der Waals surface area contributed by atoms with Crippen LogP contribution >= 0.6 is 0 Å². The molecule has 9 heteroatoms. The Balaban J connectivity index is 1.82. The van der Waals surface area contributed by atoms with Crippen LogP contribution in [-0.2, 0) is 14.9 Å². The topological polar surface area (TPSA) is 118 Å². The van der Waals surface area contributed by atoms with E-state index in [1.807, 2.05) is 19.1 Å². The Labute approximate surface area is 132 Å². The van der Waals surface area contributed by atoms with Crippen LogP contribution in [0.2, 0.25) is 0 Å². The summed E-state index contributed by atoms with van der Waals surface area (Å²) in [7, 11) is -4.40. The molecular weight excluding hydrogens is 324 g/mol. The Kier molecular flexibility index (Phi) is 5.14. The highest BCUT2D eigenvalue weighted by Gasteiger charge is 2.14. The third kappa shape index (κ3) is 5.24. The molecule has 0 unspecified atom stereocenters. The molecule has 0 bridgehead atoms. The van der Waals surface area contributed by atoms with Crippen molar-refractivity contribution >= 4 is 22.2 Å². The second-order valence-corrected chi connectivity index (χ2v) is 5.88. The van der Waals surface area contributed by atoms with E-state index in [2.05, 4.69) is 10.5 Å². The van der Waals surface area contributed by atoms with Gasteiger partial charge in [-0.3, -0.25) is 9.35 Å². The SMILES string of the molecule is Cc1ccc(OCC(=O)N/N=C/c2ccc(S(=O)(=O)O)o2)cc1. The summed E-state index contributed by atoms with van der Waals surface area (Å²) >= 11 is 0. The largest absolute Gasteiger partial charge is 0.484 e. The molecule has 0 saturated carbocycles. The normalized spacial score (nSPS) is 11.6. The van der Waals surface area contributed by atoms with Crippen molar-refractivity contribution in [3.8, 4) is 5.75 Å². The van der Waals surface area contributed by atoms with Crippen LogP contribution < -0.4 is 10.2 Å². The minimum Gasteiger partial charge on any atom is -0.484 e. The summed E-state index contributed by atoms with van der Waals surface area (Å²) < 4.78 is 40.4. The molecule has 0 saturated heterocycles. The molecule has 122 valence electrons. The molecule has 23 heavy (non-hydrogen) atoms. The highest BCUT2D eigenvalue weighted by atomic mass is 32.2. The molecule has 2 N–H and O–H groups in total. The van der Waals surface area contributed by atoms with Gasteiger partial charge in [0.15, 0.2) is 6.61 Å². The maximum absolute atomic E-state index is 11.5. The van der Waals surface area contributed by atoms with Gasteiger partial charge in [-0.1, -0.05) is 17.7 Å². The Morgan fingerprint density at radius 1 is 1.30 bits per heavy atom. The molecule has 0 aliphatic carbocycles. The predicted molar refractivity (Wildman–Crippen MR) is 80.9 cm³/mol. The summed E-state index contributed by atoms with van der Waals surface area (Å²) in [5.74, 6) is 0.110. The van der Waals surface area contributed by atoms with Gasteiger partial charge in [0.1, 0.15) is 11.5 Å². The zero-order valence-electron chi connectivity index (χ0n) is 12.1. The van der Waals surface area contributed by atoms with Gasteiger partial charge in [0.2, 0.25) is 5.09 Å². The molecule has 2 rings (SSSR count). The van der Waals surface area contributed by atoms with E-state index in [-0.39, 0.29) is 12.4 Å². The lowest BCUT2D eigenvalue weighted by atomic mass is 10.2. The number of ether oxygens (including phenoxy) is 1. The maximum Gasteiger partial charge on any atom is 0.328 e. The fourth-order valence-corrected chi connectivity index (χ4v) is 1.97. The van der Waals surface area contributed by atoms with Crippen LogP contribution in [0.5, 0.6) is 5.75 Å². The van der Waals surface area contributed by atoms with Gasteiger partial charge in [0, 0.05) is 0 Å². The van der Waals surface area contributed by atoms with E-state index in [0.29, 0.717) is 5.75 Å². The van der Waals surface area contributed by atoms with Crippen molar-refractivity contribution in [2.45, 2.75) is 12.0 Å². The molecule has 1 amide bonds. The van der Waals surface area contributed by atoms with Gasteiger partial charge in [0.25, 0.3) is 5.91 Å². The molecule has 2 aromatic rings. The van der Waals surface area contributed by atoms with E-state index in [1.54, 1.807) is 12.1 Å². The van der Waals surface area contributed by atoms with Gasteiger partial charge in [-0.25, -0.2) is 5.43 Å². The van der Waals surface area contributed by atoms with Crippen molar-refractivity contribution in [3.63, 3.8) is 0 Å². The zero-order chi connectivity index (χ0) is 16.9. The van der Waals surface area contributed by atoms with Crippen LogP contribution in [0.4, 0.5) is 0 Å². The molecule has 0 spiro atoms. The van der Waals surface area contributed by atoms with Crippen LogP contribution in [0, 0.1) is 6.92 Å². The summed E-state index contributed by atoms with van der Waals surface area (Å²) in [5.41, 5.74) is 3.27. The zero-order valence-corrected chi connectivity index (χ0v) is 12.9. The molecule has 1 aromatic heterocycles. The predicted octanol–water partition coefficient (Wildman–Crippen LogP) is 1.36. The number of furan rings is 1. The maximum atomic E-state index is 11.5. The number of aryl methyl sites for hydroxylation is 1. The average molecular weight is 338 g/mol. The summed E-state index contributed by atoms with van der Waals surface area (Å²) in [5, 5.41) is 2.98. The molecule has 0 atom stereocenters. The smallest absolute Gasteiger partial charge is 0.328 e. The second-order valence-electron chi connectivity index (χ2n) is 4.53. The number of benzene rings is 1. The molecule has 0 aliphatic rings. The minimum atomic E-state index is -4.40. The number of rotatable bonds is 6. The molecule has 8 nitrogen and oxygen atoms in total. The van der Waals surface area contributed by atoms with E-state index in [4.69, 9.17) is 13.7 Å². The van der Waals surface area contributed by atoms with E-state index in [1.165, 1.54) is 6.07 Å². The third-order valence-corrected chi connectivity index (χ3v) is 3.36. The number of hydrogen-bond acceptors (Lipinski definition) is 6. The van der Waals surface area contributed by atoms with Crippen molar-refractivity contribution in [1.82, 2.24) is 5.43 Å². The lowest BCUT2D eigenvalue weighted by Crippen LogP contribution is -2.24. The number of carbonyl (C=O) groups excluding carboxylic acids is 1. The molecule has 0 fully saturated rings. The van der Waals surface area contributed by atoms with Gasteiger partial charge < -0.3 is 9.15 Å². The van der Waals surface area contributed by atoms with Crippen molar-refractivity contribution in [3.05, 3.63) is 47.7 Å². The fraction of sp³-hybridized carbons (Fsp3) is 0.143. The van der Waals surface area contributed by atoms with E-state index in [9.17, 15) is 13.2 Å². The first-order valence-corrected chi connectivity index (χ1v) is 7.87. The third-order valence-electron chi connectivity index (χ3n) is 2.63. The molecular formula is C14H14N2O6S. The summed E-state index contributed by atoms with van der Waals surface area (Å²) in [4.78, 5) is 11.5. The first-order chi connectivity index (χ1) is 10.8. The molecule has 1 heterocycles. The number of nitrogens with zero attached hydrogens (tertiary/aromatic N) is 1. The lowest BCUT2D eigenvalue weighted by Gasteiger charge is -2.04. The van der Waals surface area contributed by atoms with Crippen LogP contribution in [-0.4, -0.2) is 31.7 Å². The number of carbonyl (C=O) groups is 1. The quantitative estimate of drug-likeness (QED) is 0.466. The fourth-order valence-electron chi connectivity index (χ4n) is 1.53. The van der Waals surface area contributed by atoms with Crippen molar-refractivity contribution in [1.29, 1.82) is 0 Å². The van der Waals surface area contributed by atoms with E-state index in [0.717, 1.165) is 17.8 Å². The molecule has 1 aromatic carbocycles. The van der Waals surface area contributed by atoms with Crippen molar-refractivity contribution in [2.24, 2.45) is 5.10 Å². The van der Waals surface area contributed by atoms with Crippen molar-refractivity contribution < 1.29 is 26.9 Å². The van der Waals surface area contributed by atoms with Crippen LogP contribution in [0.3, 0.4) is 0 Å². The van der Waals surface area contributed by atoms with Crippen LogP contribution in [0.25, 0.3) is 0 Å². The van der Waals surface area contributed by atoms with Gasteiger partial charge in [-0.05, 0) is 31.2 Å². The Morgan fingerprint density at radius 2 is 2.00 bits per heavy atom. The summed E-state index contributed by atoms with van der Waals surface area (Å²) in [6.07, 6.45) is 1.10. The minimum absolute atomic E-state index is 0.0531. The highest BCUT2D eigenvalue weighted by molar-refractivity contribution is 7.85. The Bertz CT molecular complexity index is 808. The van der Waals surface area contributed by atoms with Gasteiger partial charge >= 0.3 is 10.1 Å².